The number of imidazole rings is 3. The first-order chi connectivity index (χ1) is 66.8. The third-order valence-electron chi connectivity index (χ3n) is 23.8. The molecule has 3 spiro atoms. The minimum atomic E-state index is -4.64. The molecule has 141 heavy (non-hydrogen) atoms. The molecule has 15 heterocycles. The van der Waals surface area contributed by atoms with Crippen LogP contribution in [0.5, 0.6) is 17.2 Å². The van der Waals surface area contributed by atoms with Crippen LogP contribution in [0, 0.1) is 27.8 Å². The summed E-state index contributed by atoms with van der Waals surface area (Å²) in [5.41, 5.74) is 17.0. The quantitative estimate of drug-likeness (QED) is 0.00448. The third-order valence-corrected chi connectivity index (χ3v) is 26.7. The summed E-state index contributed by atoms with van der Waals surface area (Å²) >= 11 is 6.74. The number of aldehydes is 1. The average molecular weight is 2080 g/mol. The maximum atomic E-state index is 12.4. The fourth-order valence-electron chi connectivity index (χ4n) is 17.1. The van der Waals surface area contributed by atoms with Crippen LogP contribution in [0.1, 0.15) is 101 Å². The number of carbonyl (C=O) groups excluding carboxylic acids is 2. The van der Waals surface area contributed by atoms with Gasteiger partial charge in [-0.2, -0.15) is 18.7 Å². The van der Waals surface area contributed by atoms with E-state index in [-0.39, 0.29) is 102 Å². The molecule has 12 aromatic rings. The molecule has 0 bridgehead atoms. The van der Waals surface area contributed by atoms with Crippen LogP contribution < -0.4 is 80.7 Å². The van der Waals surface area contributed by atoms with Crippen molar-refractivity contribution in [3.63, 3.8) is 0 Å². The van der Waals surface area contributed by atoms with E-state index in [2.05, 4.69) is 184 Å². The maximum absolute atomic E-state index is 12.4. The summed E-state index contributed by atoms with van der Waals surface area (Å²) in [5, 5.41) is 63.4. The van der Waals surface area contributed by atoms with Crippen molar-refractivity contribution in [2.75, 3.05) is 95.1 Å². The zero-order valence-corrected chi connectivity index (χ0v) is 85.6. The molecule has 7 atom stereocenters. The van der Waals surface area contributed by atoms with Crippen molar-refractivity contribution < 1.29 is 95.3 Å². The molecule has 6 fully saturated rings. The Morgan fingerprint density at radius 2 is 0.943 bits per heavy atom. The Morgan fingerprint density at radius 1 is 0.546 bits per heavy atom. The Bertz CT molecular complexity index is 6420. The summed E-state index contributed by atoms with van der Waals surface area (Å²) in [6.07, 6.45) is 20.9. The van der Waals surface area contributed by atoms with E-state index in [0.717, 1.165) is 193 Å². The SMILES string of the molecule is COc1ccc2nccc(Br)c2c1.COc1ccc2nccc(Sc3cnc(N4CCC5(CC4)CO[C@@H](C)[C@H]5N)n4ccnc34)c2c1.COc1ccc2nccc(Sc3cnc(N4CCC5(CC4)CO[C@@H](C)[C@H]5NC(O)OC(C)(C)C)n4ccnc34)c2c1.C[C@@H]1OCC2(CCN(c3nc[c-]c4nccn34)CC2)[C@@H]1NC(=O)OC(C)(C)C.N=N/N=N/N=N/N=N/N=N/N=N/N=N/N=N/N.O=CC(F)(F)F.[Na+].[SH-]. The summed E-state index contributed by atoms with van der Waals surface area (Å²) in [6.45, 7) is 24.8. The van der Waals surface area contributed by atoms with Gasteiger partial charge in [-0.15, -0.1) is 6.20 Å². The number of hydrogen-bond acceptors (Lipinski definition) is 30. The van der Waals surface area contributed by atoms with Gasteiger partial charge in [-0.1, -0.05) is 44.7 Å². The Kier molecular flexibility index (Phi) is 39.0. The number of nitrogens with zero attached hydrogens (tertiary/aromatic N) is 30. The number of aromatic nitrogens is 12. The fourth-order valence-corrected chi connectivity index (χ4v) is 19.5. The van der Waals surface area contributed by atoms with Gasteiger partial charge in [0.1, 0.15) is 22.8 Å². The normalized spacial score (nSPS) is 19.6. The number of piperidine rings is 3. The van der Waals surface area contributed by atoms with E-state index in [0.29, 0.717) is 13.2 Å². The second kappa shape index (κ2) is 50.2. The molecule has 54 heteroatoms. The Labute approximate surface area is 853 Å². The summed E-state index contributed by atoms with van der Waals surface area (Å²) in [4.78, 5) is 73.4. The number of fused-ring (bicyclic) bond motifs is 6. The van der Waals surface area contributed by atoms with Crippen LogP contribution >= 0.6 is 39.5 Å². The van der Waals surface area contributed by atoms with E-state index in [4.69, 9.17) is 68.9 Å². The van der Waals surface area contributed by atoms with E-state index in [1.807, 2.05) is 181 Å². The molecule has 0 saturated carbocycles. The number of alkyl halides is 3. The standard InChI is InChI=1S/C30H38N6O4S.C25H28N6O2S.C20H28N5O3.C10H8BrNO.C2HF3O.H3N17.Na.H2S/c1-19-25(34-28(37)40-29(2,3)4)30(18-39-19)9-13-35(14-10-30)27-33-17-24(26-32-12-15-36(26)27)41-23-8-11-31-22-7-6-20(38-5)16-21(22)23;1-16-22(26)25(15-33-16)6-10-30(11-7-25)24-29-14-21(23-28-9-12-31(23)24)34-20-5-8-27-19-4-3-17(32-2)13-18(19)20;1-14-16(23-18(26)28-19(2,3)4)20(13-27-14)6-10-24(11-7-20)17-22-8-5-15-21-9-12-25(15)17;1-13-7-2-3-10-8(6-7)9(11)4-5-12-10;3-2(4,5)1-6;1-3-5-7-9-11-13-15-17-16-14-12-10-8-6-4-2;;/h6-8,11-12,15-17,19,25,28,34,37H,9-10,13-14,18H2,1-5H3;3-5,8-9,12-14,16,22H,6-7,10-11,15,26H2,1-2H3;8-9,12,14,16H,6-7,10-11,13H2,1-4H3,(H,23,26);2-6H,1H3;1H;(H3,1,2,5,6,9,10,13,14,17);;1H2/q;;-1;;;;+1;/p-1/t19-,25+,28?;16-,22+;14-,16+;;;;;/m000...../s1. The van der Waals surface area contributed by atoms with Gasteiger partial charge in [0, 0.05) is 166 Å². The van der Waals surface area contributed by atoms with Crippen molar-refractivity contribution >= 4 is 133 Å². The smallest absolute Gasteiger partial charge is 0.813 e. The molecule has 6 aliphatic rings. The number of ether oxygens (including phenoxy) is 8. The van der Waals surface area contributed by atoms with Crippen LogP contribution in [-0.2, 0) is 42.0 Å². The number of anilines is 3. The third kappa shape index (κ3) is 28.4. The number of pyridine rings is 3. The monoisotopic (exact) mass is 2070 g/mol. The Hall–Kier alpha value is -11.9. The molecule has 9 aromatic heterocycles. The molecule has 18 rings (SSSR count). The number of aliphatic hydroxyl groups is 1. The largest absolute Gasteiger partial charge is 1.00 e. The number of benzene rings is 3. The second-order valence-electron chi connectivity index (χ2n) is 34.7. The molecule has 0 aliphatic carbocycles. The molecule has 1 unspecified atom stereocenters. The number of aliphatic hydroxyl groups excluding tert-OH is 1. The van der Waals surface area contributed by atoms with Gasteiger partial charge in [-0.25, -0.2) is 24.7 Å². The van der Waals surface area contributed by atoms with Gasteiger partial charge < -0.3 is 98.6 Å². The van der Waals surface area contributed by atoms with E-state index in [1.165, 1.54) is 0 Å². The first-order valence-corrected chi connectivity index (χ1v) is 46.2. The van der Waals surface area contributed by atoms with E-state index >= 15 is 0 Å². The number of hydrogen-bond donors (Lipinski definition) is 6. The topological polar surface area (TPSA) is 553 Å². The number of nitrogens with two attached hydrogens (primary N) is 2. The molecule has 46 nitrogen and oxygen atoms in total. The number of nitrogens with one attached hydrogen (secondary N) is 3. The molecular formula is C87H107BrF3N35NaO11S3-. The molecule has 744 valence electrons. The number of rotatable bonds is 21. The van der Waals surface area contributed by atoms with Crippen LogP contribution in [0.2, 0.25) is 0 Å². The zero-order valence-electron chi connectivity index (χ0n) is 79.5. The zero-order chi connectivity index (χ0) is 99.1. The summed E-state index contributed by atoms with van der Waals surface area (Å²) in [6, 6.07) is 26.7. The van der Waals surface area contributed by atoms with Crippen LogP contribution in [0.25, 0.3) is 49.7 Å². The summed E-state index contributed by atoms with van der Waals surface area (Å²) in [5.74, 6) is 9.72. The van der Waals surface area contributed by atoms with Gasteiger partial charge in [-0.05, 0) is 252 Å². The van der Waals surface area contributed by atoms with Crippen molar-refractivity contribution in [3.8, 4) is 17.2 Å². The van der Waals surface area contributed by atoms with Gasteiger partial charge in [0.15, 0.2) is 11.3 Å². The van der Waals surface area contributed by atoms with Gasteiger partial charge in [0.25, 0.3) is 0 Å². The molecule has 0 radical (unpaired) electrons. The minimum absolute atomic E-state index is 0. The van der Waals surface area contributed by atoms with Gasteiger partial charge in [-0.3, -0.25) is 43.8 Å². The predicted octanol–water partition coefficient (Wildman–Crippen LogP) is 13.6. The van der Waals surface area contributed by atoms with E-state index in [1.54, 1.807) is 63.4 Å². The van der Waals surface area contributed by atoms with Crippen LogP contribution in [0.15, 0.2) is 250 Å². The van der Waals surface area contributed by atoms with Gasteiger partial charge >= 0.3 is 41.8 Å². The number of carbonyl (C=O) groups is 2. The maximum Gasteiger partial charge on any atom is 1.00 e. The van der Waals surface area contributed by atoms with Gasteiger partial charge in [0.2, 0.25) is 30.5 Å². The van der Waals surface area contributed by atoms with Crippen molar-refractivity contribution in [2.24, 2.45) is 106 Å². The summed E-state index contributed by atoms with van der Waals surface area (Å²) < 4.78 is 83.6. The van der Waals surface area contributed by atoms with E-state index < -0.39 is 30.1 Å². The fraction of sp³-hybridized carbons (Fsp3) is 0.460. The molecule has 3 aromatic carbocycles. The molecule has 6 saturated heterocycles. The Balaban J connectivity index is 0.000000173. The van der Waals surface area contributed by atoms with Crippen molar-refractivity contribution in [2.45, 2.75) is 181 Å². The molecular weight excluding hydrogens is 1970 g/mol. The average Bonchev–Trinajstić information content (AvgIpc) is 1.65. The van der Waals surface area contributed by atoms with Gasteiger partial charge in [0.05, 0.1) is 97.4 Å². The Morgan fingerprint density at radius 3 is 1.38 bits per heavy atom. The number of methoxy groups -OCH3 is 3. The molecule has 8 N–H and O–H groups in total. The van der Waals surface area contributed by atoms with Crippen LogP contribution in [0.3, 0.4) is 0 Å². The van der Waals surface area contributed by atoms with E-state index in [9.17, 15) is 23.1 Å². The molecule has 6 aliphatic heterocycles. The van der Waals surface area contributed by atoms with Crippen molar-refractivity contribution in [3.05, 3.63) is 158 Å². The van der Waals surface area contributed by atoms with Crippen molar-refractivity contribution in [1.29, 1.82) is 5.53 Å². The summed E-state index contributed by atoms with van der Waals surface area (Å²) in [7, 11) is 5.01. The number of thiol groups is 1. The van der Waals surface area contributed by atoms with Crippen LogP contribution in [-0.4, -0.2) is 216 Å². The first kappa shape index (κ1) is 110. The minimum Gasteiger partial charge on any atom is -0.813 e. The number of amides is 1. The number of halogens is 4. The predicted molar refractivity (Wildman–Crippen MR) is 516 cm³/mol. The second-order valence-corrected chi connectivity index (χ2v) is 37.7. The number of alkyl carbamates (subject to hydrolysis) is 1. The van der Waals surface area contributed by atoms with Crippen molar-refractivity contribution in [1.82, 2.24) is 68.7 Å². The van der Waals surface area contributed by atoms with Crippen LogP contribution in [0.4, 0.5) is 35.8 Å². The first-order valence-electron chi connectivity index (χ1n) is 43.8. The molecule has 1 amide bonds.